The SMILES string of the molecule is CC(C)[C@H](CO)N1C(=O)[C@@H]2[C@@H](C(=O)NCc3ccccc3)[C@]3(C)OC2(CC3C)C1C(=O)NCCN1CCOCC1. The zero-order valence-electron chi connectivity index (χ0n) is 24.1. The molecule has 4 saturated heterocycles. The summed E-state index contributed by atoms with van der Waals surface area (Å²) in [6.07, 6.45) is 0.497. The van der Waals surface area contributed by atoms with E-state index < -0.39 is 35.1 Å². The molecule has 220 valence electrons. The van der Waals surface area contributed by atoms with E-state index in [9.17, 15) is 19.5 Å². The molecule has 2 bridgehead atoms. The smallest absolute Gasteiger partial charge is 0.245 e. The molecule has 1 aromatic carbocycles. The fraction of sp³-hybridized carbons (Fsp3) is 0.700. The summed E-state index contributed by atoms with van der Waals surface area (Å²) in [5.74, 6) is -2.49. The van der Waals surface area contributed by atoms with Crippen molar-refractivity contribution in [2.45, 2.75) is 63.9 Å². The van der Waals surface area contributed by atoms with Crippen LogP contribution in [-0.2, 0) is 30.4 Å². The van der Waals surface area contributed by atoms with Gasteiger partial charge < -0.3 is 30.1 Å². The van der Waals surface area contributed by atoms with Crippen LogP contribution in [0.3, 0.4) is 0 Å². The highest BCUT2D eigenvalue weighted by Gasteiger charge is 2.80. The average Bonchev–Trinajstić information content (AvgIpc) is 3.45. The summed E-state index contributed by atoms with van der Waals surface area (Å²) in [6.45, 7) is 12.0. The first-order chi connectivity index (χ1) is 19.1. The number of aliphatic hydroxyl groups is 1. The maximum atomic E-state index is 14.3. The number of hydrogen-bond acceptors (Lipinski definition) is 7. The molecular weight excluding hydrogens is 512 g/mol. The molecule has 3 amide bonds. The molecule has 3 N–H and O–H groups in total. The first-order valence-corrected chi connectivity index (χ1v) is 14.7. The summed E-state index contributed by atoms with van der Waals surface area (Å²) in [7, 11) is 0. The van der Waals surface area contributed by atoms with Crippen molar-refractivity contribution in [3.8, 4) is 0 Å². The van der Waals surface area contributed by atoms with Gasteiger partial charge in [-0.15, -0.1) is 0 Å². The first kappa shape index (κ1) is 29.0. The van der Waals surface area contributed by atoms with E-state index in [4.69, 9.17) is 9.47 Å². The minimum Gasteiger partial charge on any atom is -0.394 e. The Morgan fingerprint density at radius 2 is 1.82 bits per heavy atom. The van der Waals surface area contributed by atoms with Crippen LogP contribution >= 0.6 is 0 Å². The van der Waals surface area contributed by atoms with E-state index in [2.05, 4.69) is 15.5 Å². The Hall–Kier alpha value is -2.53. The number of aliphatic hydroxyl groups excluding tert-OH is 1. The number of rotatable bonds is 10. The molecular formula is C30H44N4O6. The summed E-state index contributed by atoms with van der Waals surface area (Å²) in [4.78, 5) is 45.9. The van der Waals surface area contributed by atoms with E-state index in [1.165, 1.54) is 0 Å². The fourth-order valence-electron chi connectivity index (χ4n) is 7.51. The lowest BCUT2D eigenvalue weighted by atomic mass is 9.62. The highest BCUT2D eigenvalue weighted by atomic mass is 16.5. The lowest BCUT2D eigenvalue weighted by Crippen LogP contribution is -2.59. The molecule has 10 nitrogen and oxygen atoms in total. The molecule has 4 heterocycles. The maximum absolute atomic E-state index is 14.3. The van der Waals surface area contributed by atoms with E-state index in [0.29, 0.717) is 39.3 Å². The number of amides is 3. The Labute approximate surface area is 236 Å². The van der Waals surface area contributed by atoms with Gasteiger partial charge in [-0.05, 0) is 30.7 Å². The molecule has 10 heteroatoms. The maximum Gasteiger partial charge on any atom is 0.245 e. The van der Waals surface area contributed by atoms with Gasteiger partial charge in [0.2, 0.25) is 17.7 Å². The van der Waals surface area contributed by atoms with Gasteiger partial charge in [0.1, 0.15) is 11.6 Å². The largest absolute Gasteiger partial charge is 0.394 e. The van der Waals surface area contributed by atoms with Crippen molar-refractivity contribution < 1.29 is 29.0 Å². The molecule has 0 aliphatic carbocycles. The lowest BCUT2D eigenvalue weighted by molar-refractivity contribution is -0.152. The summed E-state index contributed by atoms with van der Waals surface area (Å²) in [5, 5.41) is 16.5. The van der Waals surface area contributed by atoms with Gasteiger partial charge in [-0.25, -0.2) is 0 Å². The van der Waals surface area contributed by atoms with Gasteiger partial charge in [0, 0.05) is 32.7 Å². The number of hydrogen-bond donors (Lipinski definition) is 3. The Kier molecular flexibility index (Phi) is 8.25. The van der Waals surface area contributed by atoms with Crippen molar-refractivity contribution in [2.24, 2.45) is 23.7 Å². The first-order valence-electron chi connectivity index (χ1n) is 14.7. The second-order valence-electron chi connectivity index (χ2n) is 12.4. The molecule has 0 aromatic heterocycles. The number of likely N-dealkylation sites (tertiary alicyclic amines) is 1. The summed E-state index contributed by atoms with van der Waals surface area (Å²) in [5.41, 5.74) is -1.05. The minimum atomic E-state index is -1.13. The number of morpholine rings is 1. The molecule has 4 aliphatic heterocycles. The van der Waals surface area contributed by atoms with Crippen LogP contribution in [0.4, 0.5) is 0 Å². The molecule has 4 fully saturated rings. The number of nitrogens with zero attached hydrogens (tertiary/aromatic N) is 2. The molecule has 7 atom stereocenters. The normalized spacial score (nSPS) is 34.2. The Morgan fingerprint density at radius 3 is 2.48 bits per heavy atom. The standard InChI is InChI=1S/C30H44N4O6/c1-19(2)22(18-35)34-25(27(37)31-10-11-33-12-14-39-15-13-33)30-16-20(3)29(4,40-30)23(24(30)28(34)38)26(36)32-17-21-8-6-5-7-9-21/h5-9,19-20,22-25,35H,10-18H2,1-4H3,(H,31,37)(H,32,36)/t20?,22-,23-,24-,25?,29+,30?/m0/s1. The predicted octanol–water partition coefficient (Wildman–Crippen LogP) is 0.779. The number of ether oxygens (including phenoxy) is 2. The molecule has 0 saturated carbocycles. The summed E-state index contributed by atoms with van der Waals surface area (Å²) >= 11 is 0. The van der Waals surface area contributed by atoms with E-state index in [1.54, 1.807) is 4.90 Å². The number of fused-ring (bicyclic) bond motifs is 1. The van der Waals surface area contributed by atoms with E-state index >= 15 is 0 Å². The third-order valence-electron chi connectivity index (χ3n) is 9.74. The van der Waals surface area contributed by atoms with E-state index in [-0.39, 0.29) is 36.2 Å². The van der Waals surface area contributed by atoms with Crippen LogP contribution in [0.2, 0.25) is 0 Å². The zero-order chi connectivity index (χ0) is 28.7. The van der Waals surface area contributed by atoms with E-state index in [1.807, 2.05) is 58.0 Å². The zero-order valence-corrected chi connectivity index (χ0v) is 24.1. The van der Waals surface area contributed by atoms with Gasteiger partial charge >= 0.3 is 0 Å². The Bertz CT molecular complexity index is 1090. The number of carbonyl (C=O) groups excluding carboxylic acids is 3. The van der Waals surface area contributed by atoms with Crippen LogP contribution < -0.4 is 10.6 Å². The van der Waals surface area contributed by atoms with Crippen molar-refractivity contribution in [1.82, 2.24) is 20.4 Å². The van der Waals surface area contributed by atoms with Gasteiger partial charge in [-0.1, -0.05) is 51.1 Å². The molecule has 1 aromatic rings. The topological polar surface area (TPSA) is 120 Å². The predicted molar refractivity (Wildman–Crippen MR) is 148 cm³/mol. The van der Waals surface area contributed by atoms with Crippen LogP contribution in [0.25, 0.3) is 0 Å². The molecule has 0 radical (unpaired) electrons. The minimum absolute atomic E-state index is 0.0424. The fourth-order valence-corrected chi connectivity index (χ4v) is 7.51. The molecule has 4 aliphatic rings. The van der Waals surface area contributed by atoms with Crippen molar-refractivity contribution in [1.29, 1.82) is 0 Å². The lowest BCUT2D eigenvalue weighted by Gasteiger charge is -2.38. The van der Waals surface area contributed by atoms with Crippen molar-refractivity contribution in [3.63, 3.8) is 0 Å². The number of benzene rings is 1. The Balaban J connectivity index is 1.43. The second kappa shape index (κ2) is 11.4. The number of nitrogens with one attached hydrogen (secondary N) is 2. The van der Waals surface area contributed by atoms with Crippen LogP contribution in [0.1, 0.15) is 39.7 Å². The van der Waals surface area contributed by atoms with Crippen LogP contribution in [0, 0.1) is 23.7 Å². The molecule has 1 spiro atoms. The van der Waals surface area contributed by atoms with Crippen molar-refractivity contribution in [3.05, 3.63) is 35.9 Å². The van der Waals surface area contributed by atoms with Gasteiger partial charge in [0.25, 0.3) is 0 Å². The Morgan fingerprint density at radius 1 is 1.12 bits per heavy atom. The number of carbonyl (C=O) groups is 3. The van der Waals surface area contributed by atoms with Gasteiger partial charge in [-0.3, -0.25) is 19.3 Å². The van der Waals surface area contributed by atoms with Crippen LogP contribution in [-0.4, -0.2) is 102 Å². The molecule has 5 rings (SSSR count). The average molecular weight is 557 g/mol. The quantitative estimate of drug-likeness (QED) is 0.390. The van der Waals surface area contributed by atoms with Crippen molar-refractivity contribution in [2.75, 3.05) is 46.0 Å². The second-order valence-corrected chi connectivity index (χ2v) is 12.4. The monoisotopic (exact) mass is 556 g/mol. The highest BCUT2D eigenvalue weighted by molar-refractivity contribution is 5.99. The van der Waals surface area contributed by atoms with Gasteiger partial charge in [0.05, 0.1) is 43.3 Å². The highest BCUT2D eigenvalue weighted by Crippen LogP contribution is 2.65. The van der Waals surface area contributed by atoms with Gasteiger partial charge in [-0.2, -0.15) is 0 Å². The summed E-state index contributed by atoms with van der Waals surface area (Å²) < 4.78 is 12.2. The summed E-state index contributed by atoms with van der Waals surface area (Å²) in [6, 6.07) is 8.15. The van der Waals surface area contributed by atoms with Crippen molar-refractivity contribution >= 4 is 17.7 Å². The third-order valence-corrected chi connectivity index (χ3v) is 9.74. The molecule has 3 unspecified atom stereocenters. The van der Waals surface area contributed by atoms with Crippen LogP contribution in [0.15, 0.2) is 30.3 Å². The van der Waals surface area contributed by atoms with Crippen LogP contribution in [0.5, 0.6) is 0 Å². The molecule has 40 heavy (non-hydrogen) atoms. The van der Waals surface area contributed by atoms with Gasteiger partial charge in [0.15, 0.2) is 0 Å². The van der Waals surface area contributed by atoms with E-state index in [0.717, 1.165) is 18.7 Å². The third kappa shape index (κ3) is 4.82.